The Bertz CT molecular complexity index is 1290. The van der Waals surface area contributed by atoms with Gasteiger partial charge in [0.25, 0.3) is 0 Å². The van der Waals surface area contributed by atoms with Gasteiger partial charge in [0, 0.05) is 43.8 Å². The number of hydrogen-bond donors (Lipinski definition) is 0. The smallest absolute Gasteiger partial charge is 0.0870 e. The van der Waals surface area contributed by atoms with Crippen molar-refractivity contribution in [3.8, 4) is 28.6 Å². The maximum atomic E-state index is 8.80. The van der Waals surface area contributed by atoms with Crippen LogP contribution in [0, 0.1) is 30.4 Å². The number of nitrogens with zero attached hydrogens (tertiary/aromatic N) is 4. The molecular weight excluding hydrogens is 573 g/mol. The van der Waals surface area contributed by atoms with Gasteiger partial charge in [-0.3, -0.25) is 9.97 Å². The predicted octanol–water partition coefficient (Wildman–Crippen LogP) is 5.82. The van der Waals surface area contributed by atoms with Crippen molar-refractivity contribution < 1.29 is 20.1 Å². The van der Waals surface area contributed by atoms with E-state index >= 15 is 0 Å². The third-order valence-corrected chi connectivity index (χ3v) is 4.59. The first kappa shape index (κ1) is 23.0. The zero-order chi connectivity index (χ0) is 21.5. The molecule has 0 atom stereocenters. The van der Waals surface area contributed by atoms with E-state index < -0.39 is 0 Å². The van der Waals surface area contributed by atoms with E-state index in [1.807, 2.05) is 79.7 Å². The van der Waals surface area contributed by atoms with Crippen molar-refractivity contribution in [3.63, 3.8) is 0 Å². The Morgan fingerprint density at radius 2 is 1.53 bits per heavy atom. The normalized spacial score (nSPS) is 9.75. The molecule has 0 amide bonds. The topological polar surface area (TPSA) is 62.5 Å². The SMILES string of the molecule is Cc1nc2ccccc2nc1-c1[c-]cc(C#N)cc1.[Ir].[c-]1ccccc1-c1ccccn1. The minimum atomic E-state index is 0. The molecule has 3 aromatic carbocycles. The van der Waals surface area contributed by atoms with Crippen LogP contribution in [0.2, 0.25) is 0 Å². The van der Waals surface area contributed by atoms with E-state index in [9.17, 15) is 0 Å². The van der Waals surface area contributed by atoms with Crippen LogP contribution in [-0.4, -0.2) is 15.0 Å². The molecule has 0 aliphatic rings. The molecule has 0 aliphatic carbocycles. The summed E-state index contributed by atoms with van der Waals surface area (Å²) in [6, 6.07) is 35.1. The summed E-state index contributed by atoms with van der Waals surface area (Å²) >= 11 is 0. The Balaban J connectivity index is 0.000000193. The Morgan fingerprint density at radius 1 is 0.781 bits per heavy atom. The first-order chi connectivity index (χ1) is 15.2. The molecule has 0 spiro atoms. The first-order valence-corrected chi connectivity index (χ1v) is 9.78. The van der Waals surface area contributed by atoms with Gasteiger partial charge in [-0.1, -0.05) is 24.3 Å². The zero-order valence-corrected chi connectivity index (χ0v) is 19.7. The fourth-order valence-corrected chi connectivity index (χ4v) is 3.06. The molecule has 5 heteroatoms. The van der Waals surface area contributed by atoms with Crippen LogP contribution in [0.1, 0.15) is 11.3 Å². The van der Waals surface area contributed by atoms with Gasteiger partial charge in [0.05, 0.1) is 11.0 Å². The number of para-hydroxylation sites is 2. The quantitative estimate of drug-likeness (QED) is 0.243. The van der Waals surface area contributed by atoms with Gasteiger partial charge in [0.2, 0.25) is 0 Å². The van der Waals surface area contributed by atoms with Crippen LogP contribution in [0.4, 0.5) is 0 Å². The van der Waals surface area contributed by atoms with Crippen LogP contribution in [0.5, 0.6) is 0 Å². The van der Waals surface area contributed by atoms with Crippen molar-refractivity contribution in [2.75, 3.05) is 0 Å². The summed E-state index contributed by atoms with van der Waals surface area (Å²) in [6.45, 7) is 1.93. The Hall–Kier alpha value is -3.71. The Kier molecular flexibility index (Phi) is 7.94. The van der Waals surface area contributed by atoms with Crippen molar-refractivity contribution in [1.29, 1.82) is 5.26 Å². The number of pyridine rings is 1. The third-order valence-electron chi connectivity index (χ3n) is 4.59. The van der Waals surface area contributed by atoms with Gasteiger partial charge >= 0.3 is 0 Å². The fourth-order valence-electron chi connectivity index (χ4n) is 3.06. The van der Waals surface area contributed by atoms with Crippen LogP contribution < -0.4 is 0 Å². The van der Waals surface area contributed by atoms with Gasteiger partial charge in [0.15, 0.2) is 0 Å². The number of aromatic nitrogens is 3. The Labute approximate surface area is 201 Å². The molecule has 0 fully saturated rings. The van der Waals surface area contributed by atoms with Crippen LogP contribution in [0.15, 0.2) is 91.1 Å². The van der Waals surface area contributed by atoms with E-state index in [2.05, 4.69) is 33.2 Å². The second-order valence-corrected chi connectivity index (χ2v) is 6.74. The predicted molar refractivity (Wildman–Crippen MR) is 122 cm³/mol. The summed E-state index contributed by atoms with van der Waals surface area (Å²) < 4.78 is 0. The van der Waals surface area contributed by atoms with Gasteiger partial charge < -0.3 is 4.98 Å². The summed E-state index contributed by atoms with van der Waals surface area (Å²) in [5.74, 6) is 0. The molecule has 4 nitrogen and oxygen atoms in total. The van der Waals surface area contributed by atoms with E-state index in [4.69, 9.17) is 5.26 Å². The summed E-state index contributed by atoms with van der Waals surface area (Å²) in [4.78, 5) is 13.4. The zero-order valence-electron chi connectivity index (χ0n) is 17.3. The summed E-state index contributed by atoms with van der Waals surface area (Å²) in [5.41, 5.74) is 6.88. The molecule has 32 heavy (non-hydrogen) atoms. The Morgan fingerprint density at radius 3 is 2.16 bits per heavy atom. The molecule has 2 aromatic heterocycles. The van der Waals surface area contributed by atoms with Crippen LogP contribution >= 0.6 is 0 Å². The number of rotatable bonds is 2. The van der Waals surface area contributed by atoms with E-state index in [1.165, 1.54) is 0 Å². The van der Waals surface area contributed by atoms with E-state index in [0.29, 0.717) is 5.56 Å². The third kappa shape index (κ3) is 5.50. The van der Waals surface area contributed by atoms with Gasteiger partial charge in [0.1, 0.15) is 0 Å². The molecule has 2 heterocycles. The number of hydrogen-bond acceptors (Lipinski definition) is 4. The van der Waals surface area contributed by atoms with Crippen LogP contribution in [0.25, 0.3) is 33.5 Å². The molecule has 0 aliphatic heterocycles. The molecule has 0 saturated carbocycles. The van der Waals surface area contributed by atoms with Gasteiger partial charge in [-0.15, -0.1) is 65.7 Å². The average molecular weight is 591 g/mol. The minimum Gasteiger partial charge on any atom is -0.305 e. The van der Waals surface area contributed by atoms with Crippen LogP contribution in [0.3, 0.4) is 0 Å². The number of fused-ring (bicyclic) bond motifs is 1. The van der Waals surface area contributed by atoms with Crippen molar-refractivity contribution >= 4 is 11.0 Å². The van der Waals surface area contributed by atoms with Crippen LogP contribution in [-0.2, 0) is 20.1 Å². The maximum absolute atomic E-state index is 8.80. The second-order valence-electron chi connectivity index (χ2n) is 6.74. The van der Waals surface area contributed by atoms with Gasteiger partial charge in [-0.25, -0.2) is 5.26 Å². The molecule has 0 bridgehead atoms. The molecule has 1 radical (unpaired) electrons. The molecule has 0 unspecified atom stereocenters. The van der Waals surface area contributed by atoms with E-state index in [-0.39, 0.29) is 20.1 Å². The van der Waals surface area contributed by atoms with Gasteiger partial charge in [-0.2, -0.15) is 0 Å². The van der Waals surface area contributed by atoms with Crippen molar-refractivity contribution in [3.05, 3.63) is 115 Å². The maximum Gasteiger partial charge on any atom is 0.0870 e. The largest absolute Gasteiger partial charge is 0.305 e. The monoisotopic (exact) mass is 591 g/mol. The van der Waals surface area contributed by atoms with E-state index in [1.54, 1.807) is 18.3 Å². The number of nitriles is 1. The van der Waals surface area contributed by atoms with Crippen molar-refractivity contribution in [1.82, 2.24) is 15.0 Å². The summed E-state index contributed by atoms with van der Waals surface area (Å²) in [6.07, 6.45) is 1.79. The molecule has 5 aromatic rings. The standard InChI is InChI=1S/C16H10N3.C11H8N.Ir/c1-11-16(13-8-6-12(10-17)7-9-13)19-15-5-3-2-4-14(15)18-11;1-2-6-10(7-3-1)11-8-4-5-9-12-11;/h2-8H,1H3;1-6,8-9H;/q2*-1;. The molecule has 5 rings (SSSR count). The minimum absolute atomic E-state index is 0. The number of aryl methyl sites for hydroxylation is 1. The number of benzene rings is 3. The fraction of sp³-hybridized carbons (Fsp3) is 0.0370. The molecule has 0 N–H and O–H groups in total. The molecule has 0 saturated heterocycles. The van der Waals surface area contributed by atoms with Crippen molar-refractivity contribution in [2.24, 2.45) is 0 Å². The van der Waals surface area contributed by atoms with Gasteiger partial charge in [-0.05, 0) is 36.4 Å². The summed E-state index contributed by atoms with van der Waals surface area (Å²) in [7, 11) is 0. The first-order valence-electron chi connectivity index (χ1n) is 9.78. The van der Waals surface area contributed by atoms with E-state index in [0.717, 1.165) is 39.2 Å². The average Bonchev–Trinajstić information content (AvgIpc) is 2.85. The molecule has 157 valence electrons. The van der Waals surface area contributed by atoms with Crippen molar-refractivity contribution in [2.45, 2.75) is 6.92 Å². The second kappa shape index (κ2) is 11.1. The summed E-state index contributed by atoms with van der Waals surface area (Å²) in [5, 5.41) is 8.80. The molecular formula is C27H18IrN4-2.